The molecule has 0 saturated heterocycles. The fourth-order valence-corrected chi connectivity index (χ4v) is 2.29. The second kappa shape index (κ2) is 5.95. The SMILES string of the molecule is O=[N+]([O-])c1ccc2nc(Cl)nc(NCc3ccccc3)c2c1. The van der Waals surface area contributed by atoms with Crippen LogP contribution in [-0.2, 0) is 6.54 Å². The van der Waals surface area contributed by atoms with E-state index in [1.807, 2.05) is 30.3 Å². The minimum Gasteiger partial charge on any atom is -0.365 e. The predicted octanol–water partition coefficient (Wildman–Crippen LogP) is 3.80. The number of anilines is 1. The van der Waals surface area contributed by atoms with Crippen molar-refractivity contribution in [2.45, 2.75) is 6.54 Å². The zero-order valence-electron chi connectivity index (χ0n) is 11.4. The molecule has 0 radical (unpaired) electrons. The van der Waals surface area contributed by atoms with Crippen molar-refractivity contribution in [2.75, 3.05) is 5.32 Å². The van der Waals surface area contributed by atoms with E-state index < -0.39 is 4.92 Å². The summed E-state index contributed by atoms with van der Waals surface area (Å²) in [5.41, 5.74) is 1.61. The van der Waals surface area contributed by atoms with Gasteiger partial charge >= 0.3 is 0 Å². The van der Waals surface area contributed by atoms with E-state index in [4.69, 9.17) is 11.6 Å². The van der Waals surface area contributed by atoms with Crippen molar-refractivity contribution in [3.8, 4) is 0 Å². The minimum atomic E-state index is -0.449. The predicted molar refractivity (Wildman–Crippen MR) is 85.0 cm³/mol. The average Bonchev–Trinajstić information content (AvgIpc) is 2.53. The van der Waals surface area contributed by atoms with Gasteiger partial charge in [0.1, 0.15) is 5.82 Å². The maximum absolute atomic E-state index is 10.9. The van der Waals surface area contributed by atoms with Crippen LogP contribution in [-0.4, -0.2) is 14.9 Å². The van der Waals surface area contributed by atoms with Crippen LogP contribution in [0.3, 0.4) is 0 Å². The quantitative estimate of drug-likeness (QED) is 0.450. The third-order valence-corrected chi connectivity index (χ3v) is 3.33. The van der Waals surface area contributed by atoms with Crippen molar-refractivity contribution in [3.05, 3.63) is 69.5 Å². The molecule has 0 bridgehead atoms. The number of nitro benzene ring substituents is 1. The second-order valence-corrected chi connectivity index (χ2v) is 4.98. The van der Waals surface area contributed by atoms with Gasteiger partial charge in [-0.3, -0.25) is 10.1 Å². The lowest BCUT2D eigenvalue weighted by Gasteiger charge is -2.09. The number of nitrogens with zero attached hydrogens (tertiary/aromatic N) is 3. The summed E-state index contributed by atoms with van der Waals surface area (Å²) in [6, 6.07) is 14.2. The summed E-state index contributed by atoms with van der Waals surface area (Å²) in [5, 5.41) is 14.7. The highest BCUT2D eigenvalue weighted by atomic mass is 35.5. The first-order valence-corrected chi connectivity index (χ1v) is 6.91. The number of benzene rings is 2. The zero-order valence-corrected chi connectivity index (χ0v) is 12.1. The number of aromatic nitrogens is 2. The second-order valence-electron chi connectivity index (χ2n) is 4.64. The largest absolute Gasteiger partial charge is 0.365 e. The summed E-state index contributed by atoms with van der Waals surface area (Å²) in [6.07, 6.45) is 0. The van der Waals surface area contributed by atoms with Crippen molar-refractivity contribution in [1.29, 1.82) is 0 Å². The maximum atomic E-state index is 10.9. The molecule has 0 unspecified atom stereocenters. The standard InChI is InChI=1S/C15H11ClN4O2/c16-15-18-13-7-6-11(20(21)22)8-12(13)14(19-15)17-9-10-4-2-1-3-5-10/h1-8H,9H2,(H,17,18,19). The van der Waals surface area contributed by atoms with Crippen LogP contribution in [0.15, 0.2) is 48.5 Å². The molecule has 3 aromatic rings. The van der Waals surface area contributed by atoms with Gasteiger partial charge in [0.15, 0.2) is 0 Å². The molecular formula is C15H11ClN4O2. The topological polar surface area (TPSA) is 81.0 Å². The fourth-order valence-electron chi connectivity index (χ4n) is 2.12. The van der Waals surface area contributed by atoms with E-state index in [2.05, 4.69) is 15.3 Å². The molecule has 0 aliphatic rings. The van der Waals surface area contributed by atoms with Crippen LogP contribution in [0.5, 0.6) is 0 Å². The highest BCUT2D eigenvalue weighted by Crippen LogP contribution is 2.26. The van der Waals surface area contributed by atoms with Crippen molar-refractivity contribution < 1.29 is 4.92 Å². The molecule has 6 nitrogen and oxygen atoms in total. The van der Waals surface area contributed by atoms with E-state index in [0.717, 1.165) is 5.56 Å². The molecule has 0 spiro atoms. The number of halogens is 1. The van der Waals surface area contributed by atoms with Crippen molar-refractivity contribution in [1.82, 2.24) is 9.97 Å². The molecule has 0 saturated carbocycles. The van der Waals surface area contributed by atoms with E-state index in [9.17, 15) is 10.1 Å². The summed E-state index contributed by atoms with van der Waals surface area (Å²) in [5.74, 6) is 0.475. The Kier molecular flexibility index (Phi) is 3.84. The van der Waals surface area contributed by atoms with Crippen molar-refractivity contribution >= 4 is 34.0 Å². The number of hydrogen-bond acceptors (Lipinski definition) is 5. The highest BCUT2D eigenvalue weighted by Gasteiger charge is 2.12. The van der Waals surface area contributed by atoms with Gasteiger partial charge in [0, 0.05) is 24.1 Å². The molecule has 0 atom stereocenters. The number of nitro groups is 1. The Morgan fingerprint density at radius 1 is 1.14 bits per heavy atom. The minimum absolute atomic E-state index is 0.0128. The van der Waals surface area contributed by atoms with E-state index >= 15 is 0 Å². The Morgan fingerprint density at radius 3 is 2.64 bits per heavy atom. The van der Waals surface area contributed by atoms with Crippen LogP contribution in [0.1, 0.15) is 5.56 Å². The van der Waals surface area contributed by atoms with Crippen LogP contribution >= 0.6 is 11.6 Å². The van der Waals surface area contributed by atoms with Crippen LogP contribution in [0, 0.1) is 10.1 Å². The molecule has 0 aliphatic carbocycles. The fraction of sp³-hybridized carbons (Fsp3) is 0.0667. The smallest absolute Gasteiger partial charge is 0.270 e. The number of rotatable bonds is 4. The summed E-state index contributed by atoms with van der Waals surface area (Å²) < 4.78 is 0. The Labute approximate surface area is 130 Å². The van der Waals surface area contributed by atoms with E-state index in [1.54, 1.807) is 6.07 Å². The molecule has 3 rings (SSSR count). The Balaban J connectivity index is 1.99. The molecule has 0 aliphatic heterocycles. The lowest BCUT2D eigenvalue weighted by atomic mass is 10.2. The molecule has 110 valence electrons. The monoisotopic (exact) mass is 314 g/mol. The lowest BCUT2D eigenvalue weighted by Crippen LogP contribution is -2.03. The Morgan fingerprint density at radius 2 is 1.91 bits per heavy atom. The Bertz CT molecular complexity index is 840. The van der Waals surface area contributed by atoms with Crippen LogP contribution in [0.25, 0.3) is 10.9 Å². The van der Waals surface area contributed by atoms with Gasteiger partial charge in [0.05, 0.1) is 10.4 Å². The van der Waals surface area contributed by atoms with Gasteiger partial charge in [-0.05, 0) is 23.2 Å². The molecule has 0 amide bonds. The third kappa shape index (κ3) is 2.96. The summed E-state index contributed by atoms with van der Waals surface area (Å²) >= 11 is 5.91. The first-order valence-electron chi connectivity index (χ1n) is 6.53. The van der Waals surface area contributed by atoms with Gasteiger partial charge in [-0.25, -0.2) is 9.97 Å². The normalized spacial score (nSPS) is 10.6. The van der Waals surface area contributed by atoms with Gasteiger partial charge < -0.3 is 5.32 Å². The number of nitrogens with one attached hydrogen (secondary N) is 1. The van der Waals surface area contributed by atoms with Crippen LogP contribution in [0.2, 0.25) is 5.28 Å². The number of fused-ring (bicyclic) bond motifs is 1. The molecule has 2 aromatic carbocycles. The molecule has 1 heterocycles. The molecule has 1 N–H and O–H groups in total. The zero-order chi connectivity index (χ0) is 15.5. The first-order chi connectivity index (χ1) is 10.6. The molecule has 22 heavy (non-hydrogen) atoms. The summed E-state index contributed by atoms with van der Waals surface area (Å²) in [6.45, 7) is 0.534. The highest BCUT2D eigenvalue weighted by molar-refractivity contribution is 6.28. The van der Waals surface area contributed by atoms with Gasteiger partial charge in [0.2, 0.25) is 5.28 Å². The molecule has 1 aromatic heterocycles. The average molecular weight is 315 g/mol. The van der Waals surface area contributed by atoms with E-state index in [0.29, 0.717) is 23.3 Å². The molecular weight excluding hydrogens is 304 g/mol. The summed E-state index contributed by atoms with van der Waals surface area (Å²) in [7, 11) is 0. The van der Waals surface area contributed by atoms with Crippen molar-refractivity contribution in [3.63, 3.8) is 0 Å². The van der Waals surface area contributed by atoms with Crippen LogP contribution in [0.4, 0.5) is 11.5 Å². The molecule has 7 heteroatoms. The number of hydrogen-bond donors (Lipinski definition) is 1. The molecule has 0 fully saturated rings. The van der Waals surface area contributed by atoms with Gasteiger partial charge in [-0.2, -0.15) is 0 Å². The van der Waals surface area contributed by atoms with Gasteiger partial charge in [0.25, 0.3) is 5.69 Å². The van der Waals surface area contributed by atoms with E-state index in [1.165, 1.54) is 12.1 Å². The summed E-state index contributed by atoms with van der Waals surface area (Å²) in [4.78, 5) is 18.7. The van der Waals surface area contributed by atoms with E-state index in [-0.39, 0.29) is 11.0 Å². The van der Waals surface area contributed by atoms with Gasteiger partial charge in [-0.15, -0.1) is 0 Å². The Hall–Kier alpha value is -2.73. The van der Waals surface area contributed by atoms with Crippen molar-refractivity contribution in [2.24, 2.45) is 0 Å². The third-order valence-electron chi connectivity index (χ3n) is 3.17. The van der Waals surface area contributed by atoms with Gasteiger partial charge in [-0.1, -0.05) is 30.3 Å². The lowest BCUT2D eigenvalue weighted by molar-refractivity contribution is -0.384. The first kappa shape index (κ1) is 14.2. The van der Waals surface area contributed by atoms with Crippen LogP contribution < -0.4 is 5.32 Å². The maximum Gasteiger partial charge on any atom is 0.270 e. The number of non-ortho nitro benzene ring substituents is 1.